The van der Waals surface area contributed by atoms with Gasteiger partial charge in [-0.2, -0.15) is 5.26 Å². The molecule has 1 heterocycles. The number of halogens is 2. The van der Waals surface area contributed by atoms with E-state index in [2.05, 4.69) is 11.0 Å². The number of rotatable bonds is 7. The number of nitriles is 1. The van der Waals surface area contributed by atoms with Crippen molar-refractivity contribution in [3.8, 4) is 11.8 Å². The van der Waals surface area contributed by atoms with E-state index < -0.39 is 6.10 Å². The molecule has 30 heavy (non-hydrogen) atoms. The first kappa shape index (κ1) is 22.7. The molecule has 0 aliphatic carbocycles. The van der Waals surface area contributed by atoms with Crippen LogP contribution in [-0.4, -0.2) is 42.4 Å². The highest BCUT2D eigenvalue weighted by molar-refractivity contribution is 6.42. The van der Waals surface area contributed by atoms with E-state index in [1.807, 2.05) is 24.3 Å². The average molecular weight is 445 g/mol. The van der Waals surface area contributed by atoms with E-state index in [0.29, 0.717) is 33.5 Å². The van der Waals surface area contributed by atoms with E-state index in [0.717, 1.165) is 18.7 Å². The van der Waals surface area contributed by atoms with Crippen LogP contribution in [0, 0.1) is 11.3 Å². The van der Waals surface area contributed by atoms with Crippen LogP contribution in [0.3, 0.4) is 0 Å². The van der Waals surface area contributed by atoms with Crippen LogP contribution < -0.4 is 4.74 Å². The topological polar surface area (TPSA) is 56.5 Å². The van der Waals surface area contributed by atoms with Gasteiger partial charge in [-0.25, -0.2) is 0 Å². The Morgan fingerprint density at radius 1 is 1.07 bits per heavy atom. The van der Waals surface area contributed by atoms with E-state index in [1.54, 1.807) is 24.3 Å². The minimum absolute atomic E-state index is 0.262. The molecule has 0 amide bonds. The number of hydrogen-bond acceptors (Lipinski definition) is 4. The maximum absolute atomic E-state index is 10.3. The average Bonchev–Trinajstić information content (AvgIpc) is 3.02. The molecule has 1 atom stereocenters. The molecule has 3 rings (SSSR count). The van der Waals surface area contributed by atoms with Crippen molar-refractivity contribution < 1.29 is 9.84 Å². The predicted molar refractivity (Wildman–Crippen MR) is 123 cm³/mol. The van der Waals surface area contributed by atoms with Gasteiger partial charge in [0.25, 0.3) is 0 Å². The smallest absolute Gasteiger partial charge is 0.119 e. The van der Waals surface area contributed by atoms with E-state index in [1.165, 1.54) is 25.7 Å². The second-order valence-corrected chi connectivity index (χ2v) is 8.36. The lowest BCUT2D eigenvalue weighted by molar-refractivity contribution is 0.0693. The molecule has 0 aromatic heterocycles. The summed E-state index contributed by atoms with van der Waals surface area (Å²) in [5.41, 5.74) is 2.08. The molecule has 158 valence electrons. The van der Waals surface area contributed by atoms with E-state index in [4.69, 9.17) is 27.9 Å². The highest BCUT2D eigenvalue weighted by Gasteiger charge is 2.14. The van der Waals surface area contributed by atoms with Gasteiger partial charge in [-0.1, -0.05) is 54.2 Å². The van der Waals surface area contributed by atoms with Crippen molar-refractivity contribution in [2.24, 2.45) is 0 Å². The first-order chi connectivity index (χ1) is 14.5. The Bertz CT molecular complexity index is 898. The number of benzene rings is 2. The molecule has 0 radical (unpaired) electrons. The maximum Gasteiger partial charge on any atom is 0.119 e. The summed E-state index contributed by atoms with van der Waals surface area (Å²) in [7, 11) is 0. The van der Waals surface area contributed by atoms with E-state index in [9.17, 15) is 10.4 Å². The number of likely N-dealkylation sites (tertiary alicyclic amines) is 1. The number of ether oxygens (including phenoxy) is 1. The van der Waals surface area contributed by atoms with Crippen LogP contribution in [0.2, 0.25) is 10.0 Å². The fraction of sp³-hybridized carbons (Fsp3) is 0.375. The molecule has 1 fully saturated rings. The maximum atomic E-state index is 10.3. The van der Waals surface area contributed by atoms with Gasteiger partial charge in [0.05, 0.1) is 21.7 Å². The second-order valence-electron chi connectivity index (χ2n) is 7.55. The van der Waals surface area contributed by atoms with E-state index in [-0.39, 0.29) is 6.61 Å². The van der Waals surface area contributed by atoms with Crippen molar-refractivity contribution >= 4 is 34.9 Å². The lowest BCUT2D eigenvalue weighted by Gasteiger charge is -2.23. The fourth-order valence-corrected chi connectivity index (χ4v) is 3.83. The Kier molecular flexibility index (Phi) is 8.60. The Hall–Kier alpha value is -2.03. The van der Waals surface area contributed by atoms with Crippen molar-refractivity contribution in [2.45, 2.75) is 31.8 Å². The number of hydrogen-bond donors (Lipinski definition) is 1. The van der Waals surface area contributed by atoms with Crippen molar-refractivity contribution in [3.05, 3.63) is 63.6 Å². The van der Waals surface area contributed by atoms with Gasteiger partial charge in [0.2, 0.25) is 0 Å². The molecule has 0 bridgehead atoms. The molecule has 2 aromatic rings. The van der Waals surface area contributed by atoms with Crippen LogP contribution in [-0.2, 0) is 0 Å². The molecule has 0 saturated carbocycles. The van der Waals surface area contributed by atoms with Gasteiger partial charge in [0.1, 0.15) is 18.5 Å². The summed E-state index contributed by atoms with van der Waals surface area (Å²) < 4.78 is 5.75. The minimum atomic E-state index is -0.512. The monoisotopic (exact) mass is 444 g/mol. The van der Waals surface area contributed by atoms with Crippen LogP contribution in [0.15, 0.2) is 42.5 Å². The fourth-order valence-electron chi connectivity index (χ4n) is 3.53. The SMILES string of the molecule is N#C/C(=C\c1ccc(OCC(O)CN2CCCCCC2)cc1)c1ccc(Cl)c(Cl)c1. The number of β-amino-alcohol motifs (C(OH)–C–C–N with tert-alkyl or cyclic N) is 1. The van der Waals surface area contributed by atoms with Crippen LogP contribution in [0.1, 0.15) is 36.8 Å². The highest BCUT2D eigenvalue weighted by atomic mass is 35.5. The molecule has 0 spiro atoms. The summed E-state index contributed by atoms with van der Waals surface area (Å²) in [6, 6.07) is 14.8. The molecule has 6 heteroatoms. The van der Waals surface area contributed by atoms with Crippen LogP contribution in [0.5, 0.6) is 5.75 Å². The van der Waals surface area contributed by atoms with Gasteiger partial charge >= 0.3 is 0 Å². The summed E-state index contributed by atoms with van der Waals surface area (Å²) in [5.74, 6) is 0.690. The first-order valence-corrected chi connectivity index (χ1v) is 11.0. The molecule has 1 saturated heterocycles. The lowest BCUT2D eigenvalue weighted by Crippen LogP contribution is -2.36. The van der Waals surface area contributed by atoms with Crippen molar-refractivity contribution in [3.63, 3.8) is 0 Å². The molecule has 1 aliphatic rings. The number of aliphatic hydroxyl groups is 1. The molecule has 2 aromatic carbocycles. The second kappa shape index (κ2) is 11.4. The molecule has 1 unspecified atom stereocenters. The Labute approximate surface area is 188 Å². The highest BCUT2D eigenvalue weighted by Crippen LogP contribution is 2.27. The Morgan fingerprint density at radius 3 is 2.40 bits per heavy atom. The third kappa shape index (κ3) is 6.75. The zero-order chi connectivity index (χ0) is 21.3. The largest absolute Gasteiger partial charge is 0.491 e. The van der Waals surface area contributed by atoms with Crippen LogP contribution in [0.4, 0.5) is 0 Å². The summed E-state index contributed by atoms with van der Waals surface area (Å²) in [6.45, 7) is 3.02. The Balaban J connectivity index is 1.56. The lowest BCUT2D eigenvalue weighted by atomic mass is 10.0. The number of nitrogens with zero attached hydrogens (tertiary/aromatic N) is 2. The van der Waals surface area contributed by atoms with Gasteiger partial charge in [0.15, 0.2) is 0 Å². The molecule has 1 N–H and O–H groups in total. The first-order valence-electron chi connectivity index (χ1n) is 10.3. The number of aliphatic hydroxyl groups excluding tert-OH is 1. The van der Waals surface area contributed by atoms with Gasteiger partial charge in [-0.05, 0) is 67.4 Å². The summed E-state index contributed by atoms with van der Waals surface area (Å²) in [6.07, 6.45) is 6.25. The summed E-state index contributed by atoms with van der Waals surface area (Å²) >= 11 is 12.0. The Morgan fingerprint density at radius 2 is 1.77 bits per heavy atom. The van der Waals surface area contributed by atoms with Crippen molar-refractivity contribution in [1.29, 1.82) is 5.26 Å². The third-order valence-electron chi connectivity index (χ3n) is 5.15. The standard InChI is InChI=1S/C24H26Cl2N2O2/c25-23-10-7-19(14-24(23)26)20(15-27)13-18-5-8-22(9-6-18)30-17-21(29)16-28-11-3-1-2-4-12-28/h5-10,13-14,21,29H,1-4,11-12,16-17H2/b20-13+. The molecule has 4 nitrogen and oxygen atoms in total. The zero-order valence-electron chi connectivity index (χ0n) is 16.9. The zero-order valence-corrected chi connectivity index (χ0v) is 18.4. The van der Waals surface area contributed by atoms with Gasteiger partial charge in [-0.3, -0.25) is 0 Å². The molecular weight excluding hydrogens is 419 g/mol. The minimum Gasteiger partial charge on any atom is -0.491 e. The van der Waals surface area contributed by atoms with Gasteiger partial charge < -0.3 is 14.7 Å². The van der Waals surface area contributed by atoms with E-state index >= 15 is 0 Å². The quantitative estimate of drug-likeness (QED) is 0.441. The van der Waals surface area contributed by atoms with Crippen LogP contribution >= 0.6 is 23.2 Å². The summed E-state index contributed by atoms with van der Waals surface area (Å²) in [5, 5.41) is 20.7. The third-order valence-corrected chi connectivity index (χ3v) is 5.89. The predicted octanol–water partition coefficient (Wildman–Crippen LogP) is 5.67. The molecular formula is C24H26Cl2N2O2. The van der Waals surface area contributed by atoms with Crippen molar-refractivity contribution in [2.75, 3.05) is 26.2 Å². The molecule has 1 aliphatic heterocycles. The van der Waals surface area contributed by atoms with Gasteiger partial charge in [0, 0.05) is 6.54 Å². The normalized spacial score (nSPS) is 16.5. The summed E-state index contributed by atoms with van der Waals surface area (Å²) in [4.78, 5) is 2.32. The van der Waals surface area contributed by atoms with Crippen LogP contribution in [0.25, 0.3) is 11.6 Å². The van der Waals surface area contributed by atoms with Crippen molar-refractivity contribution in [1.82, 2.24) is 4.90 Å². The van der Waals surface area contributed by atoms with Gasteiger partial charge in [-0.15, -0.1) is 0 Å². The number of allylic oxidation sites excluding steroid dienone is 1.